The second kappa shape index (κ2) is 6.17. The Kier molecular flexibility index (Phi) is 4.33. The number of hydrogen-bond acceptors (Lipinski definition) is 4. The minimum absolute atomic E-state index is 0.0310. The molecule has 0 unspecified atom stereocenters. The largest absolute Gasteiger partial charge is 0.507 e. The summed E-state index contributed by atoms with van der Waals surface area (Å²) in [5.74, 6) is -0.486. The van der Waals surface area contributed by atoms with Gasteiger partial charge in [-0.05, 0) is 44.5 Å². The highest BCUT2D eigenvalue weighted by atomic mass is 16.3. The summed E-state index contributed by atoms with van der Waals surface area (Å²) < 4.78 is 0. The van der Waals surface area contributed by atoms with Crippen molar-refractivity contribution >= 4 is 11.6 Å². The van der Waals surface area contributed by atoms with Crippen LogP contribution >= 0.6 is 0 Å². The van der Waals surface area contributed by atoms with Gasteiger partial charge in [-0.3, -0.25) is 9.78 Å². The second-order valence-electron chi connectivity index (χ2n) is 4.77. The number of para-hydroxylation sites is 1. The van der Waals surface area contributed by atoms with E-state index in [1.807, 2.05) is 25.1 Å². The highest BCUT2D eigenvalue weighted by molar-refractivity contribution is 6.00. The number of amides is 1. The van der Waals surface area contributed by atoms with Gasteiger partial charge in [-0.25, -0.2) is 5.43 Å². The van der Waals surface area contributed by atoms with Crippen molar-refractivity contribution in [2.45, 2.75) is 20.8 Å². The third kappa shape index (κ3) is 3.45. The number of phenols is 1. The number of hydrazone groups is 1. The molecule has 0 saturated carbocycles. The summed E-state index contributed by atoms with van der Waals surface area (Å²) in [6, 6.07) is 10.6. The first-order valence-corrected chi connectivity index (χ1v) is 6.56. The van der Waals surface area contributed by atoms with Gasteiger partial charge >= 0.3 is 0 Å². The van der Waals surface area contributed by atoms with Crippen molar-refractivity contribution in [2.24, 2.45) is 5.10 Å². The van der Waals surface area contributed by atoms with Crippen LogP contribution in [0.2, 0.25) is 0 Å². The first-order valence-electron chi connectivity index (χ1n) is 6.56. The number of hydrogen-bond donors (Lipinski definition) is 2. The summed E-state index contributed by atoms with van der Waals surface area (Å²) in [7, 11) is 0. The number of aromatic hydroxyl groups is 1. The lowest BCUT2D eigenvalue weighted by Crippen LogP contribution is -2.20. The highest BCUT2D eigenvalue weighted by Crippen LogP contribution is 2.21. The molecular weight excluding hydrogens is 266 g/mol. The fourth-order valence-corrected chi connectivity index (χ4v) is 1.84. The maximum Gasteiger partial charge on any atom is 0.275 e. The van der Waals surface area contributed by atoms with Gasteiger partial charge in [0.1, 0.15) is 5.75 Å². The van der Waals surface area contributed by atoms with Crippen molar-refractivity contribution < 1.29 is 9.90 Å². The fraction of sp³-hybridized carbons (Fsp3) is 0.188. The zero-order chi connectivity index (χ0) is 15.4. The quantitative estimate of drug-likeness (QED) is 0.671. The molecule has 0 aliphatic rings. The summed E-state index contributed by atoms with van der Waals surface area (Å²) in [6.45, 7) is 5.38. The normalized spacial score (nSPS) is 11.3. The first kappa shape index (κ1) is 14.7. The summed E-state index contributed by atoms with van der Waals surface area (Å²) in [5.41, 5.74) is 5.45. The Morgan fingerprint density at radius 1 is 1.19 bits per heavy atom. The number of aromatic nitrogens is 1. The van der Waals surface area contributed by atoms with E-state index in [1.54, 1.807) is 32.0 Å². The molecule has 5 nitrogen and oxygen atoms in total. The zero-order valence-corrected chi connectivity index (χ0v) is 12.2. The Hall–Kier alpha value is -2.69. The van der Waals surface area contributed by atoms with Crippen LogP contribution in [0.5, 0.6) is 5.75 Å². The molecule has 108 valence electrons. The van der Waals surface area contributed by atoms with E-state index in [9.17, 15) is 9.90 Å². The summed E-state index contributed by atoms with van der Waals surface area (Å²) in [5, 5.41) is 13.9. The lowest BCUT2D eigenvalue weighted by molar-refractivity contribution is 0.0952. The smallest absolute Gasteiger partial charge is 0.275 e. The Morgan fingerprint density at radius 2 is 1.90 bits per heavy atom. The van der Waals surface area contributed by atoms with Gasteiger partial charge in [-0.1, -0.05) is 18.2 Å². The van der Waals surface area contributed by atoms with E-state index < -0.39 is 5.91 Å². The Morgan fingerprint density at radius 3 is 2.62 bits per heavy atom. The Bertz CT molecular complexity index is 708. The second-order valence-corrected chi connectivity index (χ2v) is 4.77. The Labute approximate surface area is 123 Å². The maximum atomic E-state index is 12.0. The minimum atomic E-state index is -0.455. The van der Waals surface area contributed by atoms with Gasteiger partial charge in [0.25, 0.3) is 5.91 Å². The average molecular weight is 283 g/mol. The van der Waals surface area contributed by atoms with Gasteiger partial charge in [0.2, 0.25) is 0 Å². The average Bonchev–Trinajstić information content (AvgIpc) is 2.47. The van der Waals surface area contributed by atoms with E-state index in [0.717, 1.165) is 5.69 Å². The molecular formula is C16H17N3O2. The Balaban J connectivity index is 2.17. The van der Waals surface area contributed by atoms with Crippen molar-refractivity contribution in [3.8, 4) is 5.75 Å². The molecule has 1 amide bonds. The number of pyridine rings is 1. The van der Waals surface area contributed by atoms with E-state index >= 15 is 0 Å². The molecule has 0 fully saturated rings. The monoisotopic (exact) mass is 283 g/mol. The first-order chi connectivity index (χ1) is 9.99. The van der Waals surface area contributed by atoms with Gasteiger partial charge in [0, 0.05) is 5.69 Å². The van der Waals surface area contributed by atoms with Crippen LogP contribution in [0.1, 0.15) is 34.2 Å². The molecule has 0 radical (unpaired) electrons. The number of nitrogens with one attached hydrogen (secondary N) is 1. The molecule has 1 heterocycles. The number of benzene rings is 1. The molecule has 0 saturated heterocycles. The van der Waals surface area contributed by atoms with E-state index in [2.05, 4.69) is 15.5 Å². The van der Waals surface area contributed by atoms with Crippen molar-refractivity contribution in [1.29, 1.82) is 0 Å². The molecule has 0 aliphatic carbocycles. The van der Waals surface area contributed by atoms with Crippen LogP contribution in [0.15, 0.2) is 41.5 Å². The molecule has 0 aliphatic heterocycles. The van der Waals surface area contributed by atoms with E-state index in [0.29, 0.717) is 17.0 Å². The highest BCUT2D eigenvalue weighted by Gasteiger charge is 2.12. The molecule has 1 aromatic carbocycles. The van der Waals surface area contributed by atoms with Gasteiger partial charge in [0.05, 0.1) is 17.0 Å². The van der Waals surface area contributed by atoms with Gasteiger partial charge in [0.15, 0.2) is 0 Å². The maximum absolute atomic E-state index is 12.0. The topological polar surface area (TPSA) is 74.6 Å². The predicted molar refractivity (Wildman–Crippen MR) is 81.5 cm³/mol. The van der Waals surface area contributed by atoms with E-state index in [4.69, 9.17) is 0 Å². The molecule has 2 N–H and O–H groups in total. The minimum Gasteiger partial charge on any atom is -0.507 e. The van der Waals surface area contributed by atoms with Gasteiger partial charge < -0.3 is 5.11 Å². The van der Waals surface area contributed by atoms with Crippen LogP contribution in [0.3, 0.4) is 0 Å². The van der Waals surface area contributed by atoms with E-state index in [1.165, 1.54) is 0 Å². The number of carbonyl (C=O) groups excluding carboxylic acids is 1. The van der Waals surface area contributed by atoms with Crippen LogP contribution < -0.4 is 5.43 Å². The number of rotatable bonds is 3. The summed E-state index contributed by atoms with van der Waals surface area (Å²) in [6.07, 6.45) is 0. The molecule has 2 rings (SSSR count). The van der Waals surface area contributed by atoms with Crippen LogP contribution in [0.25, 0.3) is 0 Å². The molecule has 0 spiro atoms. The SMILES string of the molecule is C/C(=N\NC(=O)c1cccc(C)c1O)c1cccc(C)n1. The van der Waals surface area contributed by atoms with Crippen molar-refractivity contribution in [2.75, 3.05) is 0 Å². The number of nitrogens with zero attached hydrogens (tertiary/aromatic N) is 2. The van der Waals surface area contributed by atoms with Gasteiger partial charge in [-0.15, -0.1) is 0 Å². The molecule has 21 heavy (non-hydrogen) atoms. The van der Waals surface area contributed by atoms with Crippen molar-refractivity contribution in [3.63, 3.8) is 0 Å². The van der Waals surface area contributed by atoms with Crippen LogP contribution in [-0.2, 0) is 0 Å². The standard InChI is InChI=1S/C16H17N3O2/c1-10-6-4-8-13(15(10)20)16(21)19-18-12(3)14-9-5-7-11(2)17-14/h4-9,20H,1-3H3,(H,19,21)/b18-12+. The molecule has 2 aromatic rings. The third-order valence-electron chi connectivity index (χ3n) is 3.07. The lowest BCUT2D eigenvalue weighted by atomic mass is 10.1. The van der Waals surface area contributed by atoms with Crippen molar-refractivity contribution in [3.05, 3.63) is 58.9 Å². The van der Waals surface area contributed by atoms with E-state index in [-0.39, 0.29) is 11.3 Å². The summed E-state index contributed by atoms with van der Waals surface area (Å²) >= 11 is 0. The zero-order valence-electron chi connectivity index (χ0n) is 12.2. The molecule has 5 heteroatoms. The summed E-state index contributed by atoms with van der Waals surface area (Å²) in [4.78, 5) is 16.3. The van der Waals surface area contributed by atoms with Crippen molar-refractivity contribution in [1.82, 2.24) is 10.4 Å². The van der Waals surface area contributed by atoms with Crippen LogP contribution in [0.4, 0.5) is 0 Å². The van der Waals surface area contributed by atoms with Gasteiger partial charge in [-0.2, -0.15) is 5.10 Å². The predicted octanol–water partition coefficient (Wildman–Crippen LogP) is 2.56. The molecule has 1 aromatic heterocycles. The third-order valence-corrected chi connectivity index (χ3v) is 3.07. The van der Waals surface area contributed by atoms with Crippen LogP contribution in [0, 0.1) is 13.8 Å². The fourth-order valence-electron chi connectivity index (χ4n) is 1.84. The molecule has 0 bridgehead atoms. The lowest BCUT2D eigenvalue weighted by Gasteiger charge is -2.06. The van der Waals surface area contributed by atoms with Crippen LogP contribution in [-0.4, -0.2) is 21.7 Å². The number of aryl methyl sites for hydroxylation is 2. The number of phenolic OH excluding ortho intramolecular Hbond substituents is 1. The number of carbonyl (C=O) groups is 1. The molecule has 0 atom stereocenters.